The van der Waals surface area contributed by atoms with Crippen molar-refractivity contribution in [3.63, 3.8) is 0 Å². The van der Waals surface area contributed by atoms with E-state index in [4.69, 9.17) is 16.3 Å². The van der Waals surface area contributed by atoms with Crippen molar-refractivity contribution in [2.24, 2.45) is 0 Å². The van der Waals surface area contributed by atoms with Gasteiger partial charge in [-0.25, -0.2) is 4.79 Å². The maximum Gasteiger partial charge on any atom is 0.411 e. The number of hydrogen-bond acceptors (Lipinski definition) is 3. The smallest absolute Gasteiger partial charge is 0.411 e. The fourth-order valence-corrected chi connectivity index (χ4v) is 3.10. The van der Waals surface area contributed by atoms with Crippen molar-refractivity contribution < 1.29 is 9.53 Å². The van der Waals surface area contributed by atoms with E-state index in [1.54, 1.807) is 11.1 Å². The van der Waals surface area contributed by atoms with E-state index in [0.717, 1.165) is 16.8 Å². The summed E-state index contributed by atoms with van der Waals surface area (Å²) in [6, 6.07) is 11.8. The summed E-state index contributed by atoms with van der Waals surface area (Å²) in [6.07, 6.45) is 2.01. The highest BCUT2D eigenvalue weighted by molar-refractivity contribution is 6.30. The fraction of sp³-hybridized carbons (Fsp3) is 0.368. The number of hydrogen-bond donors (Lipinski definition) is 0. The minimum absolute atomic E-state index is 0.144. The molecule has 2 aromatic rings. The van der Waals surface area contributed by atoms with Gasteiger partial charge in [-0.1, -0.05) is 41.9 Å². The van der Waals surface area contributed by atoms with Crippen molar-refractivity contribution >= 4 is 17.7 Å². The van der Waals surface area contributed by atoms with Crippen LogP contribution in [-0.4, -0.2) is 21.6 Å². The topological polar surface area (TPSA) is 42.4 Å². The number of pyridine rings is 1. The maximum atomic E-state index is 12.7. The quantitative estimate of drug-likeness (QED) is 0.788. The number of nitrogens with zero attached hydrogens (tertiary/aromatic N) is 2. The Bertz CT molecular complexity index is 741. The molecule has 1 aliphatic rings. The van der Waals surface area contributed by atoms with Gasteiger partial charge >= 0.3 is 6.09 Å². The van der Waals surface area contributed by atoms with Gasteiger partial charge in [0.2, 0.25) is 0 Å². The van der Waals surface area contributed by atoms with Crippen molar-refractivity contribution in [2.45, 2.75) is 45.4 Å². The molecule has 0 spiro atoms. The van der Waals surface area contributed by atoms with Crippen LogP contribution in [0.2, 0.25) is 5.02 Å². The summed E-state index contributed by atoms with van der Waals surface area (Å²) < 4.78 is 5.58. The molecular formula is C19H21ClN2O2. The number of benzene rings is 1. The second-order valence-corrected chi connectivity index (χ2v) is 7.45. The SMILES string of the molecule is CC(C)(C)OC(=O)N1Cc2cc(Cl)cnc2[C@@H]1Cc1ccccc1. The molecule has 2 heterocycles. The number of amides is 1. The first-order valence-electron chi connectivity index (χ1n) is 8.01. The predicted octanol–water partition coefficient (Wildman–Crippen LogP) is 4.77. The molecule has 0 saturated carbocycles. The Morgan fingerprint density at radius 1 is 1.33 bits per heavy atom. The van der Waals surface area contributed by atoms with Gasteiger partial charge in [0.15, 0.2) is 0 Å². The van der Waals surface area contributed by atoms with Crippen LogP contribution < -0.4 is 0 Å². The number of carbonyl (C=O) groups excluding carboxylic acids is 1. The summed E-state index contributed by atoms with van der Waals surface area (Å²) >= 11 is 6.07. The van der Waals surface area contributed by atoms with Crippen LogP contribution >= 0.6 is 11.6 Å². The molecule has 0 bridgehead atoms. The second-order valence-electron chi connectivity index (χ2n) is 7.01. The van der Waals surface area contributed by atoms with Gasteiger partial charge in [-0.3, -0.25) is 9.88 Å². The van der Waals surface area contributed by atoms with Gasteiger partial charge in [0, 0.05) is 6.20 Å². The Hall–Kier alpha value is -2.07. The van der Waals surface area contributed by atoms with Gasteiger partial charge < -0.3 is 4.74 Å². The average molecular weight is 345 g/mol. The molecule has 4 nitrogen and oxygen atoms in total. The zero-order valence-corrected chi connectivity index (χ0v) is 14.9. The Kier molecular flexibility index (Phi) is 4.50. The molecule has 24 heavy (non-hydrogen) atoms. The lowest BCUT2D eigenvalue weighted by Gasteiger charge is -2.28. The van der Waals surface area contributed by atoms with Gasteiger partial charge in [-0.15, -0.1) is 0 Å². The number of ether oxygens (including phenoxy) is 1. The Balaban J connectivity index is 1.91. The number of carbonyl (C=O) groups is 1. The van der Waals surface area contributed by atoms with E-state index in [9.17, 15) is 4.79 Å². The highest BCUT2D eigenvalue weighted by Gasteiger charge is 2.37. The third-order valence-corrected chi connectivity index (χ3v) is 4.11. The van der Waals surface area contributed by atoms with E-state index >= 15 is 0 Å². The van der Waals surface area contributed by atoms with E-state index < -0.39 is 5.60 Å². The molecule has 0 fully saturated rings. The van der Waals surface area contributed by atoms with E-state index in [2.05, 4.69) is 17.1 Å². The van der Waals surface area contributed by atoms with Crippen LogP contribution in [0.25, 0.3) is 0 Å². The summed E-state index contributed by atoms with van der Waals surface area (Å²) in [5.74, 6) is 0. The minimum Gasteiger partial charge on any atom is -0.444 e. The summed E-state index contributed by atoms with van der Waals surface area (Å²) in [5, 5.41) is 0.582. The summed E-state index contributed by atoms with van der Waals surface area (Å²) in [6.45, 7) is 6.08. The molecule has 5 heteroatoms. The molecule has 1 aliphatic heterocycles. The standard InChI is InChI=1S/C19H21ClN2O2/c1-19(2,3)24-18(23)22-12-14-10-15(20)11-21-17(14)16(22)9-13-7-5-4-6-8-13/h4-8,10-11,16H,9,12H2,1-3H3/t16-/m0/s1. The van der Waals surface area contributed by atoms with Crippen molar-refractivity contribution in [1.29, 1.82) is 0 Å². The zero-order chi connectivity index (χ0) is 17.3. The summed E-state index contributed by atoms with van der Waals surface area (Å²) in [7, 11) is 0. The lowest BCUT2D eigenvalue weighted by molar-refractivity contribution is 0.0170. The van der Waals surface area contributed by atoms with E-state index in [1.165, 1.54) is 0 Å². The van der Waals surface area contributed by atoms with Crippen LogP contribution in [0.5, 0.6) is 0 Å². The van der Waals surface area contributed by atoms with Crippen molar-refractivity contribution in [2.75, 3.05) is 0 Å². The number of aromatic nitrogens is 1. The number of halogens is 1. The van der Waals surface area contributed by atoms with Crippen LogP contribution in [0.4, 0.5) is 4.79 Å². The van der Waals surface area contributed by atoms with Crippen LogP contribution in [0.1, 0.15) is 43.6 Å². The Morgan fingerprint density at radius 3 is 2.71 bits per heavy atom. The van der Waals surface area contributed by atoms with Crippen molar-refractivity contribution in [1.82, 2.24) is 9.88 Å². The molecule has 0 saturated heterocycles. The van der Waals surface area contributed by atoms with Crippen LogP contribution in [0.3, 0.4) is 0 Å². The monoisotopic (exact) mass is 344 g/mol. The third-order valence-electron chi connectivity index (χ3n) is 3.90. The van der Waals surface area contributed by atoms with E-state index in [0.29, 0.717) is 18.0 Å². The van der Waals surface area contributed by atoms with Gasteiger partial charge in [0.05, 0.1) is 23.3 Å². The van der Waals surface area contributed by atoms with Gasteiger partial charge in [0.25, 0.3) is 0 Å². The minimum atomic E-state index is -0.534. The maximum absolute atomic E-state index is 12.7. The molecule has 0 unspecified atom stereocenters. The number of rotatable bonds is 2. The molecule has 0 aliphatic carbocycles. The molecule has 1 aromatic heterocycles. The summed E-state index contributed by atoms with van der Waals surface area (Å²) in [5.41, 5.74) is 2.50. The van der Waals surface area contributed by atoms with Crippen LogP contribution in [0.15, 0.2) is 42.6 Å². The summed E-state index contributed by atoms with van der Waals surface area (Å²) in [4.78, 5) is 18.9. The first kappa shape index (κ1) is 16.8. The van der Waals surface area contributed by atoms with Crippen LogP contribution in [-0.2, 0) is 17.7 Å². The molecule has 1 aromatic carbocycles. The third kappa shape index (κ3) is 3.70. The highest BCUT2D eigenvalue weighted by Crippen LogP contribution is 2.36. The van der Waals surface area contributed by atoms with Crippen molar-refractivity contribution in [3.05, 3.63) is 64.4 Å². The number of fused-ring (bicyclic) bond motifs is 1. The fourth-order valence-electron chi connectivity index (χ4n) is 2.92. The highest BCUT2D eigenvalue weighted by atomic mass is 35.5. The molecule has 1 atom stereocenters. The average Bonchev–Trinajstić information content (AvgIpc) is 2.84. The normalized spacial score (nSPS) is 16.8. The van der Waals surface area contributed by atoms with Gasteiger partial charge in [-0.2, -0.15) is 0 Å². The molecular weight excluding hydrogens is 324 g/mol. The lowest BCUT2D eigenvalue weighted by Crippen LogP contribution is -2.36. The van der Waals surface area contributed by atoms with E-state index in [1.807, 2.05) is 45.0 Å². The Labute approximate surface area is 147 Å². The largest absolute Gasteiger partial charge is 0.444 e. The molecule has 0 N–H and O–H groups in total. The first-order valence-corrected chi connectivity index (χ1v) is 8.39. The van der Waals surface area contributed by atoms with Crippen LogP contribution in [0, 0.1) is 0 Å². The lowest BCUT2D eigenvalue weighted by atomic mass is 10.0. The second kappa shape index (κ2) is 6.44. The van der Waals surface area contributed by atoms with Gasteiger partial charge in [0.1, 0.15) is 5.60 Å². The molecule has 126 valence electrons. The first-order chi connectivity index (χ1) is 11.3. The van der Waals surface area contributed by atoms with Crippen molar-refractivity contribution in [3.8, 4) is 0 Å². The van der Waals surface area contributed by atoms with E-state index in [-0.39, 0.29) is 12.1 Å². The molecule has 3 rings (SSSR count). The predicted molar refractivity (Wildman–Crippen MR) is 93.9 cm³/mol. The molecule has 1 amide bonds. The Morgan fingerprint density at radius 2 is 2.04 bits per heavy atom. The molecule has 0 radical (unpaired) electrons. The zero-order valence-electron chi connectivity index (χ0n) is 14.1. The van der Waals surface area contributed by atoms with Gasteiger partial charge in [-0.05, 0) is 44.4 Å².